The molecular formula is C29H37N3O5. The van der Waals surface area contributed by atoms with E-state index in [2.05, 4.69) is 0 Å². The molecule has 2 N–H and O–H groups in total. The van der Waals surface area contributed by atoms with Gasteiger partial charge in [0.05, 0.1) is 23.4 Å². The van der Waals surface area contributed by atoms with Crippen LogP contribution in [0.3, 0.4) is 0 Å². The van der Waals surface area contributed by atoms with E-state index >= 15 is 0 Å². The Morgan fingerprint density at radius 1 is 1.08 bits per heavy atom. The van der Waals surface area contributed by atoms with Gasteiger partial charge in [0.15, 0.2) is 5.78 Å². The van der Waals surface area contributed by atoms with Crippen LogP contribution < -0.4 is 4.74 Å². The molecule has 3 atom stereocenters. The number of aromatic hydroxyl groups is 1. The molecule has 1 saturated carbocycles. The normalized spacial score (nSPS) is 21.7. The highest BCUT2D eigenvalue weighted by molar-refractivity contribution is 6.01. The van der Waals surface area contributed by atoms with Gasteiger partial charge in [-0.15, -0.1) is 0 Å². The predicted molar refractivity (Wildman–Crippen MR) is 143 cm³/mol. The Hall–Kier alpha value is -3.42. The van der Waals surface area contributed by atoms with Crippen LogP contribution in [-0.4, -0.2) is 45.7 Å². The number of fused-ring (bicyclic) bond motifs is 1. The number of Topliss-reactive ketones (excluding diaryl/α,β-unsaturated/α-hetero) is 1. The van der Waals surface area contributed by atoms with E-state index in [-0.39, 0.29) is 52.5 Å². The van der Waals surface area contributed by atoms with Gasteiger partial charge in [-0.1, -0.05) is 41.5 Å². The Morgan fingerprint density at radius 3 is 2.14 bits per heavy atom. The van der Waals surface area contributed by atoms with Crippen LogP contribution in [0.4, 0.5) is 5.69 Å². The third-order valence-corrected chi connectivity index (χ3v) is 7.53. The van der Waals surface area contributed by atoms with Crippen molar-refractivity contribution in [2.24, 2.45) is 11.8 Å². The highest BCUT2D eigenvalue weighted by Crippen LogP contribution is 2.42. The average molecular weight is 508 g/mol. The van der Waals surface area contributed by atoms with E-state index in [1.165, 1.54) is 12.1 Å². The molecule has 0 amide bonds. The minimum atomic E-state index is -0.438. The van der Waals surface area contributed by atoms with Crippen molar-refractivity contribution in [3.8, 4) is 11.5 Å². The number of carbonyl (C=O) groups is 1. The number of nitro benzene ring substituents is 1. The summed E-state index contributed by atoms with van der Waals surface area (Å²) in [5.74, 6) is 1.52. The quantitative estimate of drug-likeness (QED) is 0.288. The molecule has 1 aliphatic carbocycles. The molecule has 1 saturated heterocycles. The van der Waals surface area contributed by atoms with Crippen LogP contribution in [-0.2, 0) is 10.8 Å². The van der Waals surface area contributed by atoms with Gasteiger partial charge in [-0.2, -0.15) is 0 Å². The van der Waals surface area contributed by atoms with Gasteiger partial charge in [0.1, 0.15) is 11.5 Å². The van der Waals surface area contributed by atoms with Gasteiger partial charge in [0, 0.05) is 41.3 Å². The Kier molecular flexibility index (Phi) is 6.82. The lowest BCUT2D eigenvalue weighted by Gasteiger charge is -2.28. The van der Waals surface area contributed by atoms with Crippen molar-refractivity contribution >= 4 is 17.3 Å². The third-order valence-electron chi connectivity index (χ3n) is 7.53. The SMILES string of the molecule is CC(C)(C)c1cc(C(=O)CN2CC3CC(Oc4ccc([N+](=O)[O-])cc4)CC3C2=N)cc(C(C)(C)C)c1O. The van der Waals surface area contributed by atoms with Gasteiger partial charge in [-0.3, -0.25) is 20.3 Å². The lowest BCUT2D eigenvalue weighted by molar-refractivity contribution is -0.384. The first-order valence-corrected chi connectivity index (χ1v) is 12.8. The number of nitro groups is 1. The molecule has 8 nitrogen and oxygen atoms in total. The molecule has 0 radical (unpaired) electrons. The number of rotatable bonds is 6. The maximum atomic E-state index is 13.4. The van der Waals surface area contributed by atoms with Crippen LogP contribution in [0.2, 0.25) is 0 Å². The number of benzene rings is 2. The van der Waals surface area contributed by atoms with Crippen LogP contribution in [0.15, 0.2) is 36.4 Å². The van der Waals surface area contributed by atoms with Crippen LogP contribution in [0, 0.1) is 27.4 Å². The van der Waals surface area contributed by atoms with Crippen LogP contribution in [0.25, 0.3) is 0 Å². The Morgan fingerprint density at radius 2 is 1.65 bits per heavy atom. The smallest absolute Gasteiger partial charge is 0.269 e. The molecule has 4 rings (SSSR count). The predicted octanol–water partition coefficient (Wildman–Crippen LogP) is 5.84. The highest BCUT2D eigenvalue weighted by Gasteiger charge is 2.46. The first kappa shape index (κ1) is 26.6. The van der Waals surface area contributed by atoms with Gasteiger partial charge in [0.2, 0.25) is 0 Å². The molecular weight excluding hydrogens is 470 g/mol. The van der Waals surface area contributed by atoms with Crippen molar-refractivity contribution in [2.45, 2.75) is 71.3 Å². The first-order chi connectivity index (χ1) is 17.1. The summed E-state index contributed by atoms with van der Waals surface area (Å²) in [5.41, 5.74) is 1.45. The lowest BCUT2D eigenvalue weighted by atomic mass is 9.78. The van der Waals surface area contributed by atoms with Gasteiger partial charge in [-0.05, 0) is 53.9 Å². The Balaban J connectivity index is 1.44. The fourth-order valence-electron chi connectivity index (χ4n) is 5.51. The molecule has 37 heavy (non-hydrogen) atoms. The Labute approximate surface area is 218 Å². The summed E-state index contributed by atoms with van der Waals surface area (Å²) < 4.78 is 6.05. The molecule has 2 fully saturated rings. The van der Waals surface area contributed by atoms with Crippen molar-refractivity contribution < 1.29 is 19.6 Å². The molecule has 2 aromatic rings. The van der Waals surface area contributed by atoms with Crippen molar-refractivity contribution in [2.75, 3.05) is 13.1 Å². The topological polar surface area (TPSA) is 117 Å². The number of amidine groups is 1. The Bertz CT molecular complexity index is 1190. The first-order valence-electron chi connectivity index (χ1n) is 12.8. The minimum absolute atomic E-state index is 0.0237. The monoisotopic (exact) mass is 507 g/mol. The number of nitrogens with zero attached hydrogens (tertiary/aromatic N) is 2. The number of carbonyl (C=O) groups excluding carboxylic acids is 1. The standard InChI is InChI=1S/C29H37N3O5/c1-28(2,3)23-12-17(13-24(26(23)34)29(4,5)6)25(33)16-31-15-18-11-21(14-22(18)27(31)30)37-20-9-7-19(8-10-20)32(35)36/h7-10,12-13,18,21-22,30,34H,11,14-16H2,1-6H3. The van der Waals surface area contributed by atoms with Crippen molar-refractivity contribution in [1.29, 1.82) is 5.41 Å². The molecule has 1 aliphatic heterocycles. The minimum Gasteiger partial charge on any atom is -0.507 e. The van der Waals surface area contributed by atoms with Gasteiger partial charge < -0.3 is 14.7 Å². The number of ketones is 1. The van der Waals surface area contributed by atoms with E-state index in [0.717, 1.165) is 17.5 Å². The van der Waals surface area contributed by atoms with Crippen molar-refractivity contribution in [1.82, 2.24) is 4.90 Å². The van der Waals surface area contributed by atoms with E-state index in [4.69, 9.17) is 10.1 Å². The molecule has 0 aromatic heterocycles. The number of hydrogen-bond acceptors (Lipinski definition) is 6. The zero-order valence-corrected chi connectivity index (χ0v) is 22.5. The number of phenols is 1. The van der Waals surface area contributed by atoms with Crippen molar-refractivity contribution in [3.05, 3.63) is 63.2 Å². The molecule has 198 valence electrons. The maximum Gasteiger partial charge on any atom is 0.269 e. The summed E-state index contributed by atoms with van der Waals surface area (Å²) in [5, 5.41) is 30.6. The second kappa shape index (κ2) is 9.47. The summed E-state index contributed by atoms with van der Waals surface area (Å²) in [6, 6.07) is 9.69. The number of hydrogen-bond donors (Lipinski definition) is 2. The fourth-order valence-corrected chi connectivity index (χ4v) is 5.51. The van der Waals surface area contributed by atoms with Gasteiger partial charge in [-0.25, -0.2) is 0 Å². The molecule has 2 aliphatic rings. The van der Waals surface area contributed by atoms with E-state index in [0.29, 0.717) is 30.1 Å². The number of ether oxygens (including phenoxy) is 1. The van der Waals surface area contributed by atoms with E-state index in [1.54, 1.807) is 12.1 Å². The van der Waals surface area contributed by atoms with Gasteiger partial charge in [0.25, 0.3) is 5.69 Å². The molecule has 1 heterocycles. The second-order valence-corrected chi connectivity index (χ2v) is 12.4. The van der Waals surface area contributed by atoms with Crippen molar-refractivity contribution in [3.63, 3.8) is 0 Å². The zero-order valence-electron chi connectivity index (χ0n) is 22.5. The molecule has 3 unspecified atom stereocenters. The summed E-state index contributed by atoms with van der Waals surface area (Å²) >= 11 is 0. The summed E-state index contributed by atoms with van der Waals surface area (Å²) in [6.07, 6.45) is 1.40. The number of nitrogens with one attached hydrogen (secondary N) is 1. The molecule has 0 bridgehead atoms. The molecule has 2 aromatic carbocycles. The fraction of sp³-hybridized carbons (Fsp3) is 0.517. The lowest BCUT2D eigenvalue weighted by Crippen LogP contribution is -2.34. The zero-order chi connectivity index (χ0) is 27.3. The summed E-state index contributed by atoms with van der Waals surface area (Å²) in [7, 11) is 0. The van der Waals surface area contributed by atoms with E-state index in [1.807, 2.05) is 58.6 Å². The second-order valence-electron chi connectivity index (χ2n) is 12.4. The summed E-state index contributed by atoms with van der Waals surface area (Å²) in [6.45, 7) is 12.9. The van der Waals surface area contributed by atoms with E-state index in [9.17, 15) is 20.0 Å². The van der Waals surface area contributed by atoms with Crippen LogP contribution in [0.1, 0.15) is 75.9 Å². The van der Waals surface area contributed by atoms with E-state index < -0.39 is 4.92 Å². The number of likely N-dealkylation sites (tertiary alicyclic amines) is 1. The molecule has 0 spiro atoms. The van der Waals surface area contributed by atoms with Gasteiger partial charge >= 0.3 is 0 Å². The third kappa shape index (κ3) is 5.48. The number of non-ortho nitro benzene ring substituents is 1. The highest BCUT2D eigenvalue weighted by atomic mass is 16.6. The molecule has 8 heteroatoms. The van der Waals surface area contributed by atoms with Crippen LogP contribution in [0.5, 0.6) is 11.5 Å². The largest absolute Gasteiger partial charge is 0.507 e. The maximum absolute atomic E-state index is 13.4. The van der Waals surface area contributed by atoms with Crippen LogP contribution >= 0.6 is 0 Å². The summed E-state index contributed by atoms with van der Waals surface area (Å²) in [4.78, 5) is 25.7. The average Bonchev–Trinajstić information content (AvgIpc) is 3.30. The number of phenolic OH excluding ortho intramolecular Hbond substituents is 1.